The van der Waals surface area contributed by atoms with Crippen LogP contribution in [-0.2, 0) is 5.41 Å². The van der Waals surface area contributed by atoms with Gasteiger partial charge in [0.1, 0.15) is 5.75 Å². The second kappa shape index (κ2) is 7.00. The first-order chi connectivity index (χ1) is 12.4. The van der Waals surface area contributed by atoms with Crippen molar-refractivity contribution in [3.8, 4) is 11.4 Å². The smallest absolute Gasteiger partial charge is 0.255 e. The van der Waals surface area contributed by atoms with E-state index in [0.717, 1.165) is 11.4 Å². The topological polar surface area (TPSA) is 69.0 Å². The maximum Gasteiger partial charge on any atom is 0.255 e. The number of nitrogens with zero attached hydrogens (tertiary/aromatic N) is 3. The third-order valence-corrected chi connectivity index (χ3v) is 4.02. The summed E-state index contributed by atoms with van der Waals surface area (Å²) in [6, 6.07) is 14.6. The minimum Gasteiger partial charge on any atom is -0.497 e. The van der Waals surface area contributed by atoms with Gasteiger partial charge in [0.05, 0.1) is 24.7 Å². The molecule has 26 heavy (non-hydrogen) atoms. The zero-order chi connectivity index (χ0) is 18.7. The van der Waals surface area contributed by atoms with E-state index in [1.807, 2.05) is 28.9 Å². The Hall–Kier alpha value is -3.15. The van der Waals surface area contributed by atoms with Gasteiger partial charge in [-0.15, -0.1) is 5.10 Å². The Morgan fingerprint density at radius 2 is 1.85 bits per heavy atom. The molecule has 0 radical (unpaired) electrons. The minimum atomic E-state index is -0.187. The van der Waals surface area contributed by atoms with Crippen molar-refractivity contribution in [3.05, 3.63) is 66.0 Å². The molecule has 0 aliphatic carbocycles. The normalized spacial score (nSPS) is 11.2. The van der Waals surface area contributed by atoms with Gasteiger partial charge in [-0.1, -0.05) is 32.1 Å². The average molecular weight is 350 g/mol. The number of amides is 1. The van der Waals surface area contributed by atoms with Gasteiger partial charge < -0.3 is 10.1 Å². The van der Waals surface area contributed by atoms with E-state index in [4.69, 9.17) is 4.74 Å². The molecule has 0 spiro atoms. The van der Waals surface area contributed by atoms with Crippen molar-refractivity contribution in [3.63, 3.8) is 0 Å². The Labute approximate surface area is 152 Å². The van der Waals surface area contributed by atoms with Crippen molar-refractivity contribution in [2.45, 2.75) is 26.2 Å². The van der Waals surface area contributed by atoms with Crippen LogP contribution in [0.4, 0.5) is 5.69 Å². The number of hydrogen-bond donors (Lipinski definition) is 1. The monoisotopic (exact) mass is 350 g/mol. The third kappa shape index (κ3) is 3.74. The number of rotatable bonds is 4. The summed E-state index contributed by atoms with van der Waals surface area (Å²) in [7, 11) is 1.58. The first-order valence-corrected chi connectivity index (χ1v) is 8.35. The number of methoxy groups -OCH3 is 1. The molecule has 0 aliphatic rings. The molecular weight excluding hydrogens is 328 g/mol. The maximum atomic E-state index is 12.4. The van der Waals surface area contributed by atoms with Crippen LogP contribution >= 0.6 is 0 Å². The van der Waals surface area contributed by atoms with Gasteiger partial charge in [0.25, 0.3) is 5.91 Å². The molecule has 0 bridgehead atoms. The number of benzene rings is 2. The Balaban J connectivity index is 1.78. The molecule has 1 heterocycles. The molecule has 3 aromatic rings. The average Bonchev–Trinajstić information content (AvgIpc) is 3.12. The lowest BCUT2D eigenvalue weighted by atomic mass is 9.92. The highest BCUT2D eigenvalue weighted by Gasteiger charge is 2.20. The second-order valence-corrected chi connectivity index (χ2v) is 7.01. The van der Waals surface area contributed by atoms with Crippen LogP contribution in [0.25, 0.3) is 5.69 Å². The maximum absolute atomic E-state index is 12.4. The van der Waals surface area contributed by atoms with E-state index in [1.165, 1.54) is 0 Å². The second-order valence-electron chi connectivity index (χ2n) is 7.01. The van der Waals surface area contributed by atoms with Gasteiger partial charge in [0.2, 0.25) is 0 Å². The fourth-order valence-corrected chi connectivity index (χ4v) is 2.59. The van der Waals surface area contributed by atoms with Crippen LogP contribution in [0, 0.1) is 0 Å². The number of hydrogen-bond acceptors (Lipinski definition) is 4. The van der Waals surface area contributed by atoms with Crippen LogP contribution in [0.1, 0.15) is 36.8 Å². The molecule has 0 saturated heterocycles. The van der Waals surface area contributed by atoms with Gasteiger partial charge >= 0.3 is 0 Å². The summed E-state index contributed by atoms with van der Waals surface area (Å²) in [5, 5.41) is 11.1. The minimum absolute atomic E-state index is 0.0667. The number of anilines is 1. The van der Waals surface area contributed by atoms with Crippen molar-refractivity contribution < 1.29 is 9.53 Å². The number of aromatic nitrogens is 3. The van der Waals surface area contributed by atoms with Crippen LogP contribution in [0.3, 0.4) is 0 Å². The van der Waals surface area contributed by atoms with Gasteiger partial charge in [-0.25, -0.2) is 4.68 Å². The van der Waals surface area contributed by atoms with Crippen LogP contribution < -0.4 is 10.1 Å². The highest BCUT2D eigenvalue weighted by atomic mass is 16.5. The zero-order valence-corrected chi connectivity index (χ0v) is 15.4. The molecule has 1 N–H and O–H groups in total. The zero-order valence-electron chi connectivity index (χ0n) is 15.4. The summed E-state index contributed by atoms with van der Waals surface area (Å²) in [5.41, 5.74) is 3.10. The largest absolute Gasteiger partial charge is 0.497 e. The highest BCUT2D eigenvalue weighted by molar-refractivity contribution is 6.04. The van der Waals surface area contributed by atoms with Gasteiger partial charge in [-0.3, -0.25) is 4.79 Å². The molecule has 0 fully saturated rings. The number of carbonyl (C=O) groups excluding carboxylic acids is 1. The van der Waals surface area contributed by atoms with E-state index in [0.29, 0.717) is 17.0 Å². The molecule has 0 saturated carbocycles. The van der Waals surface area contributed by atoms with Gasteiger partial charge in [0.15, 0.2) is 0 Å². The number of ether oxygens (including phenoxy) is 1. The van der Waals surface area contributed by atoms with E-state index >= 15 is 0 Å². The first kappa shape index (κ1) is 17.7. The Morgan fingerprint density at radius 1 is 1.12 bits per heavy atom. The van der Waals surface area contributed by atoms with Gasteiger partial charge in [-0.2, -0.15) is 0 Å². The van der Waals surface area contributed by atoms with E-state index < -0.39 is 0 Å². The number of nitrogens with one attached hydrogen (secondary N) is 1. The molecule has 2 aromatic carbocycles. The third-order valence-electron chi connectivity index (χ3n) is 4.02. The van der Waals surface area contributed by atoms with E-state index in [-0.39, 0.29) is 11.3 Å². The lowest BCUT2D eigenvalue weighted by Gasteiger charge is -2.19. The summed E-state index contributed by atoms with van der Waals surface area (Å²) >= 11 is 0. The van der Waals surface area contributed by atoms with Crippen LogP contribution in [-0.4, -0.2) is 28.0 Å². The first-order valence-electron chi connectivity index (χ1n) is 8.35. The van der Waals surface area contributed by atoms with Crippen LogP contribution in [0.15, 0.2) is 54.7 Å². The molecule has 1 aromatic heterocycles. The van der Waals surface area contributed by atoms with Gasteiger partial charge in [0, 0.05) is 16.7 Å². The van der Waals surface area contributed by atoms with Crippen LogP contribution in [0.5, 0.6) is 5.75 Å². The summed E-state index contributed by atoms with van der Waals surface area (Å²) in [5.74, 6) is 0.460. The quantitative estimate of drug-likeness (QED) is 0.776. The lowest BCUT2D eigenvalue weighted by molar-refractivity contribution is 0.102. The summed E-state index contributed by atoms with van der Waals surface area (Å²) in [6.07, 6.45) is 1.78. The molecular formula is C20H22N4O2. The molecule has 6 nitrogen and oxygen atoms in total. The fraction of sp³-hybridized carbons (Fsp3) is 0.250. The van der Waals surface area contributed by atoms with Crippen molar-refractivity contribution in [1.29, 1.82) is 0 Å². The lowest BCUT2D eigenvalue weighted by Crippen LogP contribution is -2.17. The van der Waals surface area contributed by atoms with Crippen molar-refractivity contribution in [1.82, 2.24) is 15.0 Å². The van der Waals surface area contributed by atoms with Crippen LogP contribution in [0.2, 0.25) is 0 Å². The molecule has 0 aliphatic heterocycles. The Kier molecular flexibility index (Phi) is 4.75. The summed E-state index contributed by atoms with van der Waals surface area (Å²) in [4.78, 5) is 12.4. The fourth-order valence-electron chi connectivity index (χ4n) is 2.59. The van der Waals surface area contributed by atoms with E-state index in [2.05, 4.69) is 36.4 Å². The van der Waals surface area contributed by atoms with Crippen molar-refractivity contribution >= 4 is 11.6 Å². The highest BCUT2D eigenvalue weighted by Crippen LogP contribution is 2.24. The molecule has 0 atom stereocenters. The molecule has 3 rings (SSSR count). The summed E-state index contributed by atoms with van der Waals surface area (Å²) in [6.45, 7) is 6.35. The SMILES string of the molecule is COc1cccc(C(=O)Nc2ccc(-n3nncc3C(C)(C)C)cc2)c1. The van der Waals surface area contributed by atoms with Crippen molar-refractivity contribution in [2.75, 3.05) is 12.4 Å². The van der Waals surface area contributed by atoms with E-state index in [9.17, 15) is 4.79 Å². The standard InChI is InChI=1S/C20H22N4O2/c1-20(2,3)18-13-21-23-24(18)16-10-8-15(9-11-16)22-19(25)14-6-5-7-17(12-14)26-4/h5-13H,1-4H3,(H,22,25). The predicted octanol–water partition coefficient (Wildman–Crippen LogP) is 3.83. The number of carbonyl (C=O) groups is 1. The molecule has 0 unspecified atom stereocenters. The Bertz CT molecular complexity index is 908. The van der Waals surface area contributed by atoms with E-state index in [1.54, 1.807) is 37.6 Å². The van der Waals surface area contributed by atoms with Crippen molar-refractivity contribution in [2.24, 2.45) is 0 Å². The summed E-state index contributed by atoms with van der Waals surface area (Å²) < 4.78 is 6.97. The molecule has 1 amide bonds. The predicted molar refractivity (Wildman–Crippen MR) is 101 cm³/mol. The molecule has 134 valence electrons. The van der Waals surface area contributed by atoms with Gasteiger partial charge in [-0.05, 0) is 42.5 Å². The molecule has 6 heteroatoms. The Morgan fingerprint density at radius 3 is 2.50 bits per heavy atom.